The number of carbonyl (C=O) groups is 1. The highest BCUT2D eigenvalue weighted by atomic mass is 19.4. The van der Waals surface area contributed by atoms with Gasteiger partial charge in [0, 0.05) is 5.56 Å². The number of methoxy groups -OCH3 is 1. The highest BCUT2D eigenvalue weighted by molar-refractivity contribution is 5.93. The van der Waals surface area contributed by atoms with Crippen molar-refractivity contribution in [2.45, 2.75) is 19.2 Å². The molecule has 2 aromatic rings. The first-order valence-electron chi connectivity index (χ1n) is 6.18. The van der Waals surface area contributed by atoms with Crippen LogP contribution >= 0.6 is 0 Å². The lowest BCUT2D eigenvalue weighted by Crippen LogP contribution is -2.31. The van der Waals surface area contributed by atoms with Gasteiger partial charge in [0.05, 0.1) is 13.3 Å². The van der Waals surface area contributed by atoms with Gasteiger partial charge in [-0.2, -0.15) is 13.2 Å². The van der Waals surface area contributed by atoms with Crippen molar-refractivity contribution in [1.29, 1.82) is 0 Å². The highest BCUT2D eigenvalue weighted by Gasteiger charge is 2.38. The van der Waals surface area contributed by atoms with Crippen LogP contribution in [-0.2, 0) is 4.74 Å². The number of alkyl halides is 3. The van der Waals surface area contributed by atoms with Crippen molar-refractivity contribution in [2.24, 2.45) is 0 Å². The standard InChI is InChI=1S/C14H12F3NO4/c1-8(14(15,16)17)22-11-4-3-9(12-18-5-6-21-12)7-10(11)13(19)20-2/h3-8H,1-2H3/t8-/m0/s1. The Morgan fingerprint density at radius 3 is 2.64 bits per heavy atom. The number of nitrogens with zero attached hydrogens (tertiary/aromatic N) is 1. The van der Waals surface area contributed by atoms with E-state index in [2.05, 4.69) is 9.72 Å². The molecule has 1 aromatic carbocycles. The molecule has 1 atom stereocenters. The van der Waals surface area contributed by atoms with Gasteiger partial charge in [0.15, 0.2) is 6.10 Å². The van der Waals surface area contributed by atoms with Gasteiger partial charge in [-0.25, -0.2) is 9.78 Å². The summed E-state index contributed by atoms with van der Waals surface area (Å²) < 4.78 is 52.2. The summed E-state index contributed by atoms with van der Waals surface area (Å²) in [7, 11) is 1.12. The summed E-state index contributed by atoms with van der Waals surface area (Å²) in [5.41, 5.74) is 0.270. The van der Waals surface area contributed by atoms with Crippen LogP contribution < -0.4 is 4.74 Å². The second-order valence-corrected chi connectivity index (χ2v) is 4.34. The Hall–Kier alpha value is -2.51. The van der Waals surface area contributed by atoms with E-state index in [1.807, 2.05) is 0 Å². The molecule has 0 aliphatic heterocycles. The summed E-state index contributed by atoms with van der Waals surface area (Å²) in [6, 6.07) is 3.99. The zero-order valence-electron chi connectivity index (χ0n) is 11.7. The molecule has 5 nitrogen and oxygen atoms in total. The number of halogens is 3. The Bertz CT molecular complexity index is 653. The van der Waals surface area contributed by atoms with Crippen LogP contribution in [0.5, 0.6) is 5.75 Å². The number of carbonyl (C=O) groups excluding carboxylic acids is 1. The predicted molar refractivity (Wildman–Crippen MR) is 69.4 cm³/mol. The molecule has 0 fully saturated rings. The first kappa shape index (κ1) is 15.9. The molecule has 0 spiro atoms. The van der Waals surface area contributed by atoms with Gasteiger partial charge in [-0.1, -0.05) is 0 Å². The summed E-state index contributed by atoms with van der Waals surface area (Å²) in [5.74, 6) is -0.828. The van der Waals surface area contributed by atoms with Gasteiger partial charge in [-0.05, 0) is 25.1 Å². The summed E-state index contributed by atoms with van der Waals surface area (Å²) in [4.78, 5) is 15.7. The maximum absolute atomic E-state index is 12.6. The van der Waals surface area contributed by atoms with Crippen LogP contribution in [-0.4, -0.2) is 30.3 Å². The van der Waals surface area contributed by atoms with E-state index in [1.165, 1.54) is 30.7 Å². The largest absolute Gasteiger partial charge is 0.480 e. The highest BCUT2D eigenvalue weighted by Crippen LogP contribution is 2.30. The lowest BCUT2D eigenvalue weighted by atomic mass is 10.1. The molecule has 0 saturated carbocycles. The lowest BCUT2D eigenvalue weighted by Gasteiger charge is -2.19. The molecule has 0 amide bonds. The number of benzene rings is 1. The average Bonchev–Trinajstić information content (AvgIpc) is 3.00. The van der Waals surface area contributed by atoms with Crippen LogP contribution in [0.2, 0.25) is 0 Å². The Morgan fingerprint density at radius 1 is 1.36 bits per heavy atom. The Balaban J connectivity index is 2.39. The quantitative estimate of drug-likeness (QED) is 0.809. The van der Waals surface area contributed by atoms with Crippen LogP contribution in [0.25, 0.3) is 11.5 Å². The SMILES string of the molecule is COC(=O)c1cc(-c2ncco2)ccc1O[C@@H](C)C(F)(F)F. The molecule has 0 aliphatic carbocycles. The molecular formula is C14H12F3NO4. The average molecular weight is 315 g/mol. The van der Waals surface area contributed by atoms with Crippen molar-refractivity contribution in [1.82, 2.24) is 4.98 Å². The Kier molecular flexibility index (Phi) is 4.39. The van der Waals surface area contributed by atoms with E-state index < -0.39 is 18.2 Å². The van der Waals surface area contributed by atoms with Gasteiger partial charge in [-0.3, -0.25) is 0 Å². The van der Waals surface area contributed by atoms with Crippen LogP contribution in [0.15, 0.2) is 35.1 Å². The monoisotopic (exact) mass is 315 g/mol. The van der Waals surface area contributed by atoms with Crippen molar-refractivity contribution in [3.63, 3.8) is 0 Å². The number of ether oxygens (including phenoxy) is 2. The van der Waals surface area contributed by atoms with E-state index >= 15 is 0 Å². The van der Waals surface area contributed by atoms with Crippen molar-refractivity contribution in [2.75, 3.05) is 7.11 Å². The Morgan fingerprint density at radius 2 is 2.09 bits per heavy atom. The fraction of sp³-hybridized carbons (Fsp3) is 0.286. The smallest absolute Gasteiger partial charge is 0.425 e. The van der Waals surface area contributed by atoms with Crippen LogP contribution in [0.1, 0.15) is 17.3 Å². The van der Waals surface area contributed by atoms with Crippen molar-refractivity contribution in [3.05, 3.63) is 36.2 Å². The number of hydrogen-bond acceptors (Lipinski definition) is 5. The topological polar surface area (TPSA) is 61.6 Å². The van der Waals surface area contributed by atoms with Crippen LogP contribution in [0, 0.1) is 0 Å². The van der Waals surface area contributed by atoms with Crippen LogP contribution in [0.3, 0.4) is 0 Å². The third kappa shape index (κ3) is 3.38. The van der Waals surface area contributed by atoms with Gasteiger partial charge >= 0.3 is 12.1 Å². The normalized spacial score (nSPS) is 12.8. The maximum Gasteiger partial charge on any atom is 0.425 e. The molecule has 0 saturated heterocycles. The van der Waals surface area contributed by atoms with E-state index in [0.29, 0.717) is 5.56 Å². The van der Waals surface area contributed by atoms with Gasteiger partial charge in [0.1, 0.15) is 17.6 Å². The number of hydrogen-bond donors (Lipinski definition) is 0. The minimum Gasteiger partial charge on any atom is -0.480 e. The molecule has 0 radical (unpaired) electrons. The number of rotatable bonds is 4. The fourth-order valence-electron chi connectivity index (χ4n) is 1.66. The molecule has 8 heteroatoms. The second kappa shape index (κ2) is 6.08. The molecular weight excluding hydrogens is 303 g/mol. The molecule has 1 heterocycles. The third-order valence-corrected chi connectivity index (χ3v) is 2.83. The number of esters is 1. The van der Waals surface area contributed by atoms with E-state index in [1.54, 1.807) is 0 Å². The van der Waals surface area contributed by atoms with E-state index in [4.69, 9.17) is 9.15 Å². The minimum atomic E-state index is -4.55. The predicted octanol–water partition coefficient (Wildman–Crippen LogP) is 3.46. The first-order chi connectivity index (χ1) is 10.3. The minimum absolute atomic E-state index is 0.144. The summed E-state index contributed by atoms with van der Waals surface area (Å²) >= 11 is 0. The van der Waals surface area contributed by atoms with E-state index in [0.717, 1.165) is 14.0 Å². The molecule has 22 heavy (non-hydrogen) atoms. The van der Waals surface area contributed by atoms with Gasteiger partial charge in [-0.15, -0.1) is 0 Å². The number of oxazole rings is 1. The first-order valence-corrected chi connectivity index (χ1v) is 6.18. The zero-order valence-corrected chi connectivity index (χ0v) is 11.7. The number of aromatic nitrogens is 1. The molecule has 0 N–H and O–H groups in total. The summed E-state index contributed by atoms with van der Waals surface area (Å²) in [5, 5.41) is 0. The summed E-state index contributed by atoms with van der Waals surface area (Å²) in [6.45, 7) is 0.850. The third-order valence-electron chi connectivity index (χ3n) is 2.83. The van der Waals surface area contributed by atoms with Crippen LogP contribution in [0.4, 0.5) is 13.2 Å². The molecule has 0 bridgehead atoms. The molecule has 1 aromatic heterocycles. The lowest BCUT2D eigenvalue weighted by molar-refractivity contribution is -0.189. The molecule has 0 unspecified atom stereocenters. The second-order valence-electron chi connectivity index (χ2n) is 4.34. The van der Waals surface area contributed by atoms with Gasteiger partial charge < -0.3 is 13.9 Å². The van der Waals surface area contributed by atoms with Crippen molar-refractivity contribution < 1.29 is 31.9 Å². The molecule has 118 valence electrons. The van der Waals surface area contributed by atoms with E-state index in [9.17, 15) is 18.0 Å². The van der Waals surface area contributed by atoms with Gasteiger partial charge in [0.25, 0.3) is 0 Å². The van der Waals surface area contributed by atoms with Crippen molar-refractivity contribution in [3.8, 4) is 17.2 Å². The molecule has 2 rings (SSSR count). The zero-order chi connectivity index (χ0) is 16.3. The maximum atomic E-state index is 12.6. The van der Waals surface area contributed by atoms with Crippen molar-refractivity contribution >= 4 is 5.97 Å². The fourth-order valence-corrected chi connectivity index (χ4v) is 1.66. The van der Waals surface area contributed by atoms with Gasteiger partial charge in [0.2, 0.25) is 5.89 Å². The van der Waals surface area contributed by atoms with E-state index in [-0.39, 0.29) is 17.2 Å². The Labute approximate surface area is 123 Å². The summed E-state index contributed by atoms with van der Waals surface area (Å²) in [6.07, 6.45) is -3.87. The molecule has 0 aliphatic rings.